The van der Waals surface area contributed by atoms with Crippen molar-refractivity contribution in [2.24, 2.45) is 11.8 Å². The summed E-state index contributed by atoms with van der Waals surface area (Å²) in [6, 6.07) is -0.821. The molecule has 0 aliphatic rings. The highest BCUT2D eigenvalue weighted by Gasteiger charge is 2.41. The second kappa shape index (κ2) is 21.8. The maximum Gasteiger partial charge on any atom is 0.472 e. The van der Waals surface area contributed by atoms with E-state index in [4.69, 9.17) is 42.2 Å². The number of phosphoric ester groups is 4. The van der Waals surface area contributed by atoms with Crippen molar-refractivity contribution in [2.45, 2.75) is 116 Å². The average molecular weight is 782 g/mol. The van der Waals surface area contributed by atoms with Crippen LogP contribution in [-0.4, -0.2) is 87.1 Å². The van der Waals surface area contributed by atoms with Gasteiger partial charge >= 0.3 is 31.3 Å². The lowest BCUT2D eigenvalue weighted by Crippen LogP contribution is -2.35. The van der Waals surface area contributed by atoms with Crippen molar-refractivity contribution in [1.29, 1.82) is 0 Å². The van der Waals surface area contributed by atoms with Crippen LogP contribution in [0.4, 0.5) is 4.48 Å². The lowest BCUT2D eigenvalue weighted by molar-refractivity contribution is -0.0187. The van der Waals surface area contributed by atoms with Gasteiger partial charge in [-0.05, 0) is 63.8 Å². The Morgan fingerprint density at radius 1 is 0.750 bits per heavy atom. The first-order chi connectivity index (χ1) is 21.9. The van der Waals surface area contributed by atoms with Crippen molar-refractivity contribution in [3.63, 3.8) is 0 Å². The van der Waals surface area contributed by atoms with Crippen LogP contribution in [0.1, 0.15) is 92.9 Å². The molecule has 24 heteroatoms. The van der Waals surface area contributed by atoms with Gasteiger partial charge in [-0.3, -0.25) is 27.1 Å². The molecule has 0 fully saturated rings. The third-order valence-corrected chi connectivity index (χ3v) is 11.3. The molecule has 7 unspecified atom stereocenters. The maximum absolute atomic E-state index is 13.1. The molecule has 8 N–H and O–H groups in total. The topological polar surface area (TPSA) is 269 Å². The molecule has 7 atom stereocenters. The van der Waals surface area contributed by atoms with Crippen molar-refractivity contribution >= 4 is 39.3 Å². The average Bonchev–Trinajstić information content (AvgIpc) is 2.97. The van der Waals surface area contributed by atoms with Crippen LogP contribution in [0.25, 0.3) is 0 Å². The summed E-state index contributed by atoms with van der Waals surface area (Å²) in [6.07, 6.45) is 1.09. The molecule has 0 aliphatic carbocycles. The molecule has 0 saturated heterocycles. The number of nitrogens with one attached hydrogen (secondary N) is 2. The Labute approximate surface area is 283 Å². The van der Waals surface area contributed by atoms with Gasteiger partial charge in [0.1, 0.15) is 0 Å². The van der Waals surface area contributed by atoms with Crippen molar-refractivity contribution in [3.8, 4) is 0 Å². The number of halogens is 1. The molecule has 0 aromatic rings. The van der Waals surface area contributed by atoms with Crippen LogP contribution in [0.15, 0.2) is 0 Å². The zero-order chi connectivity index (χ0) is 37.5. The molecule has 0 aliphatic heterocycles. The van der Waals surface area contributed by atoms with Crippen LogP contribution >= 0.6 is 31.3 Å². The van der Waals surface area contributed by atoms with Gasteiger partial charge in [0, 0.05) is 18.4 Å². The summed E-state index contributed by atoms with van der Waals surface area (Å²) in [5.74, 6) is -1.39. The number of rotatable bonds is 29. The van der Waals surface area contributed by atoms with Crippen LogP contribution in [0.2, 0.25) is 0 Å². The summed E-state index contributed by atoms with van der Waals surface area (Å²) >= 11 is 0. The highest BCUT2D eigenvalue weighted by atomic mass is 31.2. The Kier molecular flexibility index (Phi) is 21.9. The molecule has 48 heavy (non-hydrogen) atoms. The van der Waals surface area contributed by atoms with Crippen molar-refractivity contribution in [3.05, 3.63) is 0 Å². The lowest BCUT2D eigenvalue weighted by atomic mass is 9.86. The van der Waals surface area contributed by atoms with E-state index in [1.54, 1.807) is 48.1 Å². The van der Waals surface area contributed by atoms with Crippen LogP contribution in [-0.2, 0) is 45.4 Å². The largest absolute Gasteiger partial charge is 0.472 e. The smallest absolute Gasteiger partial charge is 0.360 e. The van der Waals surface area contributed by atoms with E-state index in [0.29, 0.717) is 12.8 Å². The molecule has 0 rings (SSSR count). The Balaban J connectivity index is 5.57. The highest BCUT2D eigenvalue weighted by molar-refractivity contribution is 7.47. The van der Waals surface area contributed by atoms with Gasteiger partial charge in [-0.1, -0.05) is 34.6 Å². The molecule has 0 amide bonds. The summed E-state index contributed by atoms with van der Waals surface area (Å²) in [4.78, 5) is 57.5. The first-order valence-corrected chi connectivity index (χ1v) is 21.8. The molecule has 0 bridgehead atoms. The van der Waals surface area contributed by atoms with Crippen molar-refractivity contribution in [2.75, 3.05) is 26.4 Å². The second-order valence-electron chi connectivity index (χ2n) is 12.1. The van der Waals surface area contributed by atoms with E-state index in [0.717, 1.165) is 0 Å². The SMILES string of the molecule is BNC(C)CC(COP(=O)(O)O)CC(C)(CC)OP(=O)(O)OCCC(CC)(CC)OP(=O)(O)OCC(COP(=O)(O)O)CC(CC)NF. The van der Waals surface area contributed by atoms with E-state index >= 15 is 0 Å². The Morgan fingerprint density at radius 2 is 1.25 bits per heavy atom. The zero-order valence-corrected chi connectivity index (χ0v) is 32.3. The first kappa shape index (κ1) is 48.4. The summed E-state index contributed by atoms with van der Waals surface area (Å²) in [5, 5.41) is 3.02. The molecule has 18 nitrogen and oxygen atoms in total. The second-order valence-corrected chi connectivity index (χ2v) is 17.3. The van der Waals surface area contributed by atoms with Gasteiger partial charge in [0.25, 0.3) is 0 Å². The molecular formula is C24H56BFN2O16P4. The lowest BCUT2D eigenvalue weighted by Gasteiger charge is -2.35. The molecule has 0 radical (unpaired) electrons. The zero-order valence-electron chi connectivity index (χ0n) is 28.7. The van der Waals surface area contributed by atoms with Gasteiger partial charge in [-0.15, -0.1) is 4.48 Å². The maximum atomic E-state index is 13.1. The molecule has 0 spiro atoms. The summed E-state index contributed by atoms with van der Waals surface area (Å²) in [6.45, 7) is 8.11. The minimum Gasteiger partial charge on any atom is -0.360 e. The van der Waals surface area contributed by atoms with Gasteiger partial charge in [0.15, 0.2) is 7.98 Å². The van der Waals surface area contributed by atoms with E-state index in [9.17, 15) is 32.5 Å². The predicted octanol–water partition coefficient (Wildman–Crippen LogP) is 3.77. The monoisotopic (exact) mass is 782 g/mol. The van der Waals surface area contributed by atoms with Gasteiger partial charge in [-0.2, -0.15) is 5.54 Å². The van der Waals surface area contributed by atoms with Crippen LogP contribution in [0.5, 0.6) is 0 Å². The fourth-order valence-electron chi connectivity index (χ4n) is 4.87. The van der Waals surface area contributed by atoms with Crippen LogP contribution in [0, 0.1) is 11.8 Å². The normalized spacial score (nSPS) is 19.5. The summed E-state index contributed by atoms with van der Waals surface area (Å²) < 4.78 is 92.1. The van der Waals surface area contributed by atoms with E-state index in [1.165, 1.54) is 0 Å². The van der Waals surface area contributed by atoms with Gasteiger partial charge in [0.05, 0.1) is 37.6 Å². The molecule has 0 aromatic heterocycles. The minimum atomic E-state index is -4.89. The Hall–Kier alpha value is 0.355. The van der Waals surface area contributed by atoms with Crippen molar-refractivity contribution < 1.29 is 79.2 Å². The van der Waals surface area contributed by atoms with Gasteiger partial charge in [0.2, 0.25) is 0 Å². The van der Waals surface area contributed by atoms with Crippen molar-refractivity contribution in [1.82, 2.24) is 10.8 Å². The Bertz CT molecular complexity index is 1110. The van der Waals surface area contributed by atoms with E-state index < -0.39 is 80.2 Å². The quantitative estimate of drug-likeness (QED) is 0.0305. The molecular weight excluding hydrogens is 726 g/mol. The standard InChI is InChI=1S/C24H56BFN2O16P4/c1-7-22(28-26)14-21(17-41-46(32,33)34)18-42-48(37,38)44-24(9-3,10-4)11-12-39-47(35,36)43-23(6,8-2)15-20(13-19(5)27-25)16-40-45(29,30)31/h19-22,27-28H,7-18,25H2,1-6H3,(H,35,36)(H,37,38)(H2,29,30,31)(H2,32,33,34). The van der Waals surface area contributed by atoms with E-state index in [2.05, 4.69) is 9.75 Å². The number of hydrogen-bond donors (Lipinski definition) is 8. The first-order valence-electron chi connectivity index (χ1n) is 15.7. The van der Waals surface area contributed by atoms with Crippen LogP contribution < -0.4 is 10.8 Å². The summed E-state index contributed by atoms with van der Waals surface area (Å²) in [5.41, 5.74) is -1.11. The van der Waals surface area contributed by atoms with E-state index in [-0.39, 0.29) is 51.2 Å². The molecule has 0 heterocycles. The van der Waals surface area contributed by atoms with Gasteiger partial charge < -0.3 is 34.6 Å². The van der Waals surface area contributed by atoms with Gasteiger partial charge in [-0.25, -0.2) is 18.3 Å². The molecule has 0 saturated carbocycles. The minimum absolute atomic E-state index is 0.0536. The Morgan fingerprint density at radius 3 is 1.69 bits per heavy atom. The summed E-state index contributed by atoms with van der Waals surface area (Å²) in [7, 11) is -17.5. The molecule has 288 valence electrons. The van der Waals surface area contributed by atoms with Crippen LogP contribution in [0.3, 0.4) is 0 Å². The predicted molar refractivity (Wildman–Crippen MR) is 177 cm³/mol. The third-order valence-electron chi connectivity index (χ3n) is 8.09. The van der Waals surface area contributed by atoms with E-state index in [1.807, 2.05) is 6.92 Å². The fourth-order valence-corrected chi connectivity index (χ4v) is 8.10. The third kappa shape index (κ3) is 21.7. The number of phosphoric acid groups is 4. The number of hydrogen-bond acceptors (Lipinski definition) is 12. The highest BCUT2D eigenvalue weighted by Crippen LogP contribution is 2.53. The fraction of sp³-hybridized carbons (Fsp3) is 1.00. The molecule has 0 aromatic carbocycles.